The molecule has 0 saturated heterocycles. The Morgan fingerprint density at radius 2 is 1.74 bits per heavy atom. The van der Waals surface area contributed by atoms with Gasteiger partial charge in [-0.3, -0.25) is 9.59 Å². The number of benzene rings is 3. The maximum absolute atomic E-state index is 13.4. The molecule has 0 bridgehead atoms. The van der Waals surface area contributed by atoms with Crippen LogP contribution in [-0.2, 0) is 6.54 Å². The van der Waals surface area contributed by atoms with Crippen molar-refractivity contribution in [3.05, 3.63) is 94.3 Å². The zero-order chi connectivity index (χ0) is 24.2. The Morgan fingerprint density at radius 3 is 2.38 bits per heavy atom. The molecule has 3 aromatic carbocycles. The minimum Gasteiger partial charge on any atom is -0.377 e. The van der Waals surface area contributed by atoms with Gasteiger partial charge in [-0.2, -0.15) is 0 Å². The van der Waals surface area contributed by atoms with Crippen LogP contribution in [0.1, 0.15) is 39.1 Å². The van der Waals surface area contributed by atoms with Gasteiger partial charge >= 0.3 is 0 Å². The van der Waals surface area contributed by atoms with E-state index in [2.05, 4.69) is 5.32 Å². The third-order valence-electron chi connectivity index (χ3n) is 5.85. The fourth-order valence-electron chi connectivity index (χ4n) is 3.88. The SMILES string of the molecule is CN(C)c1ccc(NC(=O)c2ccccc2Cl)cc1CN(CC1CC1)C(=O)c1ccc(F)cc1. The largest absolute Gasteiger partial charge is 0.377 e. The smallest absolute Gasteiger partial charge is 0.257 e. The van der Waals surface area contributed by atoms with Crippen LogP contribution in [0, 0.1) is 11.7 Å². The van der Waals surface area contributed by atoms with Gasteiger partial charge in [0.25, 0.3) is 11.8 Å². The molecule has 1 N–H and O–H groups in total. The Labute approximate surface area is 204 Å². The van der Waals surface area contributed by atoms with Crippen molar-refractivity contribution in [1.82, 2.24) is 4.90 Å². The molecule has 34 heavy (non-hydrogen) atoms. The summed E-state index contributed by atoms with van der Waals surface area (Å²) in [6.45, 7) is 1.01. The molecule has 0 heterocycles. The zero-order valence-corrected chi connectivity index (χ0v) is 20.0. The van der Waals surface area contributed by atoms with Crippen molar-refractivity contribution in [2.45, 2.75) is 19.4 Å². The number of hydrogen-bond donors (Lipinski definition) is 1. The molecule has 1 aliphatic rings. The molecule has 1 saturated carbocycles. The first-order chi connectivity index (χ1) is 16.3. The molecule has 0 spiro atoms. The fourth-order valence-corrected chi connectivity index (χ4v) is 4.10. The minimum atomic E-state index is -0.373. The lowest BCUT2D eigenvalue weighted by Crippen LogP contribution is -2.33. The molecule has 0 atom stereocenters. The summed E-state index contributed by atoms with van der Waals surface area (Å²) in [7, 11) is 3.88. The molecule has 3 aromatic rings. The Bertz CT molecular complexity index is 1190. The van der Waals surface area contributed by atoms with Gasteiger partial charge < -0.3 is 15.1 Å². The maximum atomic E-state index is 13.4. The zero-order valence-electron chi connectivity index (χ0n) is 19.2. The molecule has 0 aliphatic heterocycles. The number of amides is 2. The van der Waals surface area contributed by atoms with Gasteiger partial charge in [0.2, 0.25) is 0 Å². The summed E-state index contributed by atoms with van der Waals surface area (Å²) >= 11 is 6.17. The molecule has 0 radical (unpaired) electrons. The van der Waals surface area contributed by atoms with Crippen molar-refractivity contribution in [1.29, 1.82) is 0 Å². The van der Waals surface area contributed by atoms with E-state index in [1.54, 1.807) is 24.3 Å². The Kier molecular flexibility index (Phi) is 7.17. The standard InChI is InChI=1S/C27H27ClFN3O2/c1-31(2)25-14-13-22(30-26(33)23-5-3-4-6-24(23)28)15-20(25)17-32(16-18-7-8-18)27(34)19-9-11-21(29)12-10-19/h3-6,9-15,18H,7-8,16-17H2,1-2H3,(H,30,33). The predicted molar refractivity (Wildman–Crippen MR) is 134 cm³/mol. The van der Waals surface area contributed by atoms with Crippen LogP contribution in [0.15, 0.2) is 66.7 Å². The van der Waals surface area contributed by atoms with Gasteiger partial charge in [0, 0.05) is 44.1 Å². The lowest BCUT2D eigenvalue weighted by molar-refractivity contribution is 0.0735. The van der Waals surface area contributed by atoms with Crippen molar-refractivity contribution in [2.75, 3.05) is 30.9 Å². The van der Waals surface area contributed by atoms with Gasteiger partial charge in [-0.15, -0.1) is 0 Å². The van der Waals surface area contributed by atoms with Crippen LogP contribution in [0.3, 0.4) is 0 Å². The van der Waals surface area contributed by atoms with Gasteiger partial charge in [0.15, 0.2) is 0 Å². The van der Waals surface area contributed by atoms with Crippen LogP contribution in [0.4, 0.5) is 15.8 Å². The quantitative estimate of drug-likeness (QED) is 0.441. The Balaban J connectivity index is 1.61. The van der Waals surface area contributed by atoms with Crippen molar-refractivity contribution < 1.29 is 14.0 Å². The van der Waals surface area contributed by atoms with E-state index in [4.69, 9.17) is 11.6 Å². The van der Waals surface area contributed by atoms with Gasteiger partial charge in [0.05, 0.1) is 10.6 Å². The lowest BCUT2D eigenvalue weighted by Gasteiger charge is -2.26. The van der Waals surface area contributed by atoms with E-state index in [0.29, 0.717) is 40.8 Å². The molecule has 5 nitrogen and oxygen atoms in total. The van der Waals surface area contributed by atoms with Crippen LogP contribution in [0.2, 0.25) is 5.02 Å². The van der Waals surface area contributed by atoms with Gasteiger partial charge in [0.1, 0.15) is 5.82 Å². The van der Waals surface area contributed by atoms with Crippen molar-refractivity contribution in [3.63, 3.8) is 0 Å². The van der Waals surface area contributed by atoms with E-state index < -0.39 is 0 Å². The average Bonchev–Trinajstić information content (AvgIpc) is 3.63. The first-order valence-corrected chi connectivity index (χ1v) is 11.6. The summed E-state index contributed by atoms with van der Waals surface area (Å²) in [4.78, 5) is 29.8. The topological polar surface area (TPSA) is 52.7 Å². The predicted octanol–water partition coefficient (Wildman–Crippen LogP) is 5.85. The highest BCUT2D eigenvalue weighted by Crippen LogP contribution is 2.32. The number of nitrogens with zero attached hydrogens (tertiary/aromatic N) is 2. The highest BCUT2D eigenvalue weighted by atomic mass is 35.5. The first-order valence-electron chi connectivity index (χ1n) is 11.2. The summed E-state index contributed by atoms with van der Waals surface area (Å²) in [6, 6.07) is 18.2. The summed E-state index contributed by atoms with van der Waals surface area (Å²) in [5.41, 5.74) is 3.31. The van der Waals surface area contributed by atoms with Crippen LogP contribution in [0.25, 0.3) is 0 Å². The van der Waals surface area contributed by atoms with E-state index in [-0.39, 0.29) is 17.6 Å². The second-order valence-corrected chi connectivity index (χ2v) is 9.22. The molecular weight excluding hydrogens is 453 g/mol. The number of hydrogen-bond acceptors (Lipinski definition) is 3. The van der Waals surface area contributed by atoms with Crippen LogP contribution >= 0.6 is 11.6 Å². The van der Waals surface area contributed by atoms with Crippen molar-refractivity contribution >= 4 is 34.8 Å². The maximum Gasteiger partial charge on any atom is 0.257 e. The molecule has 0 aromatic heterocycles. The number of nitrogens with one attached hydrogen (secondary N) is 1. The molecule has 0 unspecified atom stereocenters. The monoisotopic (exact) mass is 479 g/mol. The van der Waals surface area contributed by atoms with Crippen molar-refractivity contribution in [2.24, 2.45) is 5.92 Å². The second-order valence-electron chi connectivity index (χ2n) is 8.81. The van der Waals surface area contributed by atoms with E-state index in [1.165, 1.54) is 24.3 Å². The number of halogens is 2. The molecule has 4 rings (SSSR count). The number of rotatable bonds is 8. The second kappa shape index (κ2) is 10.3. The highest BCUT2D eigenvalue weighted by Gasteiger charge is 2.28. The summed E-state index contributed by atoms with van der Waals surface area (Å²) < 4.78 is 13.4. The van der Waals surface area contributed by atoms with Gasteiger partial charge in [-0.05, 0) is 78.9 Å². The Morgan fingerprint density at radius 1 is 1.03 bits per heavy atom. The molecule has 7 heteroatoms. The summed E-state index contributed by atoms with van der Waals surface area (Å²) in [5.74, 6) is -0.328. The number of anilines is 2. The lowest BCUT2D eigenvalue weighted by atomic mass is 10.1. The third kappa shape index (κ3) is 5.75. The minimum absolute atomic E-state index is 0.137. The molecule has 2 amide bonds. The Hall–Kier alpha value is -3.38. The number of carbonyl (C=O) groups excluding carboxylic acids is 2. The van der Waals surface area contributed by atoms with Crippen molar-refractivity contribution in [3.8, 4) is 0 Å². The third-order valence-corrected chi connectivity index (χ3v) is 6.18. The summed E-state index contributed by atoms with van der Waals surface area (Å²) in [6.07, 6.45) is 2.20. The highest BCUT2D eigenvalue weighted by molar-refractivity contribution is 6.34. The average molecular weight is 480 g/mol. The van der Waals surface area contributed by atoms with Crippen LogP contribution < -0.4 is 10.2 Å². The van der Waals surface area contributed by atoms with E-state index >= 15 is 0 Å². The van der Waals surface area contributed by atoms with E-state index in [0.717, 1.165) is 24.1 Å². The van der Waals surface area contributed by atoms with Gasteiger partial charge in [-0.1, -0.05) is 23.7 Å². The number of carbonyl (C=O) groups is 2. The van der Waals surface area contributed by atoms with Gasteiger partial charge in [-0.25, -0.2) is 4.39 Å². The van der Waals surface area contributed by atoms with Crippen LogP contribution in [0.5, 0.6) is 0 Å². The first kappa shape index (κ1) is 23.8. The van der Waals surface area contributed by atoms with E-state index in [1.807, 2.05) is 42.1 Å². The van der Waals surface area contributed by atoms with E-state index in [9.17, 15) is 14.0 Å². The van der Waals surface area contributed by atoms with Crippen LogP contribution in [-0.4, -0.2) is 37.4 Å². The molecule has 176 valence electrons. The molecular formula is C27H27ClFN3O2. The molecule has 1 fully saturated rings. The fraction of sp³-hybridized carbons (Fsp3) is 0.259. The molecule has 1 aliphatic carbocycles. The summed E-state index contributed by atoms with van der Waals surface area (Å²) in [5, 5.41) is 3.29. The normalized spacial score (nSPS) is 12.8.